The van der Waals surface area contributed by atoms with E-state index in [0.29, 0.717) is 10.7 Å². The molecule has 2 rings (SSSR count). The summed E-state index contributed by atoms with van der Waals surface area (Å²) in [7, 11) is 0. The maximum Gasteiger partial charge on any atom is 0.0221 e. The average molecular weight is 171 g/mol. The van der Waals surface area contributed by atoms with Crippen molar-refractivity contribution < 1.29 is 0 Å². The van der Waals surface area contributed by atoms with Gasteiger partial charge in [-0.1, -0.05) is 13.8 Å². The molecule has 0 spiro atoms. The smallest absolute Gasteiger partial charge is 0.0221 e. The van der Waals surface area contributed by atoms with Gasteiger partial charge in [0, 0.05) is 4.75 Å². The van der Waals surface area contributed by atoms with E-state index in [1.807, 2.05) is 0 Å². The second kappa shape index (κ2) is 2.17. The molecule has 0 radical (unpaired) electrons. The predicted molar refractivity (Wildman–Crippen MR) is 50.7 cm³/mol. The Kier molecular flexibility index (Phi) is 1.56. The summed E-state index contributed by atoms with van der Waals surface area (Å²) < 4.78 is 0.402. The lowest BCUT2D eigenvalue weighted by Gasteiger charge is -2.37. The van der Waals surface area contributed by atoms with Crippen molar-refractivity contribution in [3.8, 4) is 0 Å². The maximum absolute atomic E-state index is 5.63. The molecule has 0 heterocycles. The molecule has 0 saturated heterocycles. The van der Waals surface area contributed by atoms with Crippen LogP contribution in [0, 0.1) is 23.7 Å². The number of hydrogen-bond donors (Lipinski definition) is 2. The van der Waals surface area contributed by atoms with Crippen LogP contribution in [0.4, 0.5) is 0 Å². The Morgan fingerprint density at radius 3 is 2.64 bits per heavy atom. The second-order valence-corrected chi connectivity index (χ2v) is 5.11. The van der Waals surface area contributed by atoms with Crippen LogP contribution in [0.15, 0.2) is 0 Å². The SMILES string of the molecule is CC(CN)C1CC2C(C)C12S. The van der Waals surface area contributed by atoms with Crippen molar-refractivity contribution in [2.75, 3.05) is 6.54 Å². The molecule has 0 aromatic heterocycles. The van der Waals surface area contributed by atoms with Gasteiger partial charge in [-0.25, -0.2) is 0 Å². The van der Waals surface area contributed by atoms with Crippen LogP contribution >= 0.6 is 12.6 Å². The van der Waals surface area contributed by atoms with Gasteiger partial charge in [-0.15, -0.1) is 0 Å². The Bertz CT molecular complexity index is 176. The maximum atomic E-state index is 5.63. The molecule has 2 heteroatoms. The van der Waals surface area contributed by atoms with Gasteiger partial charge in [0.05, 0.1) is 0 Å². The van der Waals surface area contributed by atoms with E-state index in [9.17, 15) is 0 Å². The summed E-state index contributed by atoms with van der Waals surface area (Å²) in [6, 6.07) is 0. The van der Waals surface area contributed by atoms with Crippen LogP contribution in [0.5, 0.6) is 0 Å². The van der Waals surface area contributed by atoms with Crippen LogP contribution in [-0.4, -0.2) is 11.3 Å². The molecule has 0 amide bonds. The average Bonchev–Trinajstić information content (AvgIpc) is 2.36. The Hall–Kier alpha value is 0.310. The van der Waals surface area contributed by atoms with Gasteiger partial charge in [0.2, 0.25) is 0 Å². The molecule has 2 saturated carbocycles. The minimum absolute atomic E-state index is 0.402. The molecule has 0 aromatic carbocycles. The molecule has 5 atom stereocenters. The topological polar surface area (TPSA) is 26.0 Å². The summed E-state index contributed by atoms with van der Waals surface area (Å²) >= 11 is 4.74. The van der Waals surface area contributed by atoms with Crippen molar-refractivity contribution in [2.24, 2.45) is 29.4 Å². The molecule has 2 N–H and O–H groups in total. The summed E-state index contributed by atoms with van der Waals surface area (Å²) in [6.45, 7) is 5.40. The number of hydrogen-bond acceptors (Lipinski definition) is 2. The molecule has 2 aliphatic carbocycles. The van der Waals surface area contributed by atoms with Crippen LogP contribution in [-0.2, 0) is 0 Å². The summed E-state index contributed by atoms with van der Waals surface area (Å²) in [6.07, 6.45) is 1.38. The fraction of sp³-hybridized carbons (Fsp3) is 1.00. The molecule has 2 fully saturated rings. The van der Waals surface area contributed by atoms with Crippen molar-refractivity contribution in [1.29, 1.82) is 0 Å². The number of rotatable bonds is 2. The zero-order valence-corrected chi connectivity index (χ0v) is 8.14. The summed E-state index contributed by atoms with van der Waals surface area (Å²) in [4.78, 5) is 0. The van der Waals surface area contributed by atoms with Gasteiger partial charge in [-0.3, -0.25) is 0 Å². The first kappa shape index (κ1) is 7.93. The van der Waals surface area contributed by atoms with E-state index in [4.69, 9.17) is 18.4 Å². The Labute approximate surface area is 74.1 Å². The zero-order valence-electron chi connectivity index (χ0n) is 7.25. The van der Waals surface area contributed by atoms with Gasteiger partial charge < -0.3 is 5.73 Å². The monoisotopic (exact) mass is 171 g/mol. The van der Waals surface area contributed by atoms with Crippen LogP contribution in [0.25, 0.3) is 0 Å². The van der Waals surface area contributed by atoms with Crippen LogP contribution in [0.2, 0.25) is 0 Å². The van der Waals surface area contributed by atoms with Gasteiger partial charge in [0.25, 0.3) is 0 Å². The molecule has 0 bridgehead atoms. The van der Waals surface area contributed by atoms with E-state index in [1.54, 1.807) is 0 Å². The third kappa shape index (κ3) is 0.775. The van der Waals surface area contributed by atoms with Gasteiger partial charge in [-0.2, -0.15) is 12.6 Å². The third-order valence-electron chi connectivity index (χ3n) is 3.98. The lowest BCUT2D eigenvalue weighted by atomic mass is 9.76. The van der Waals surface area contributed by atoms with Crippen molar-refractivity contribution >= 4 is 12.6 Å². The van der Waals surface area contributed by atoms with Crippen molar-refractivity contribution in [2.45, 2.75) is 25.0 Å². The highest BCUT2D eigenvalue weighted by molar-refractivity contribution is 7.82. The lowest BCUT2D eigenvalue weighted by Crippen LogP contribution is -2.38. The van der Waals surface area contributed by atoms with E-state index in [-0.39, 0.29) is 0 Å². The molecule has 0 aliphatic heterocycles. The predicted octanol–water partition coefficient (Wildman–Crippen LogP) is 1.54. The van der Waals surface area contributed by atoms with Crippen molar-refractivity contribution in [3.63, 3.8) is 0 Å². The Balaban J connectivity index is 2.00. The highest BCUT2D eigenvalue weighted by Crippen LogP contribution is 2.73. The van der Waals surface area contributed by atoms with Gasteiger partial charge >= 0.3 is 0 Å². The largest absolute Gasteiger partial charge is 0.330 e. The molecule has 0 aromatic rings. The summed E-state index contributed by atoms with van der Waals surface area (Å²) in [5.74, 6) is 3.25. The lowest BCUT2D eigenvalue weighted by molar-refractivity contribution is 0.230. The first-order chi connectivity index (χ1) is 5.12. The first-order valence-electron chi connectivity index (χ1n) is 4.54. The molecule has 11 heavy (non-hydrogen) atoms. The summed E-state index contributed by atoms with van der Waals surface area (Å²) in [5, 5.41) is 0. The highest BCUT2D eigenvalue weighted by atomic mass is 32.1. The van der Waals surface area contributed by atoms with Gasteiger partial charge in [0.1, 0.15) is 0 Å². The third-order valence-corrected chi connectivity index (χ3v) is 5.05. The van der Waals surface area contributed by atoms with Crippen LogP contribution < -0.4 is 5.73 Å². The normalized spacial score (nSPS) is 56.2. The van der Waals surface area contributed by atoms with E-state index in [2.05, 4.69) is 13.8 Å². The van der Waals surface area contributed by atoms with Crippen molar-refractivity contribution in [1.82, 2.24) is 0 Å². The fourth-order valence-corrected chi connectivity index (χ4v) is 3.61. The second-order valence-electron chi connectivity index (χ2n) is 4.34. The fourth-order valence-electron chi connectivity index (χ4n) is 2.82. The molecule has 64 valence electrons. The quantitative estimate of drug-likeness (QED) is 0.606. The van der Waals surface area contributed by atoms with Gasteiger partial charge in [0.15, 0.2) is 0 Å². The Morgan fingerprint density at radius 2 is 2.36 bits per heavy atom. The van der Waals surface area contributed by atoms with E-state index in [0.717, 1.165) is 24.3 Å². The van der Waals surface area contributed by atoms with E-state index < -0.39 is 0 Å². The number of thiol groups is 1. The van der Waals surface area contributed by atoms with E-state index in [1.165, 1.54) is 6.42 Å². The minimum atomic E-state index is 0.402. The molecular formula is C9H17NS. The van der Waals surface area contributed by atoms with Crippen molar-refractivity contribution in [3.05, 3.63) is 0 Å². The zero-order chi connectivity index (χ0) is 8.22. The van der Waals surface area contributed by atoms with Gasteiger partial charge in [-0.05, 0) is 36.6 Å². The summed E-state index contributed by atoms with van der Waals surface area (Å²) in [5.41, 5.74) is 5.63. The first-order valence-corrected chi connectivity index (χ1v) is 4.99. The Morgan fingerprint density at radius 1 is 1.73 bits per heavy atom. The standard InChI is InChI=1S/C9H17NS/c1-5(4-10)7-3-8-6(2)9(7,8)11/h5-8,11H,3-4,10H2,1-2H3. The molecule has 5 unspecified atom stereocenters. The van der Waals surface area contributed by atoms with Crippen LogP contribution in [0.3, 0.4) is 0 Å². The van der Waals surface area contributed by atoms with Crippen LogP contribution in [0.1, 0.15) is 20.3 Å². The highest BCUT2D eigenvalue weighted by Gasteiger charge is 2.72. The minimum Gasteiger partial charge on any atom is -0.330 e. The molecular weight excluding hydrogens is 154 g/mol. The molecule has 2 aliphatic rings. The number of nitrogens with two attached hydrogens (primary N) is 1. The number of fused-ring (bicyclic) bond motifs is 1. The van der Waals surface area contributed by atoms with E-state index >= 15 is 0 Å². The molecule has 1 nitrogen and oxygen atoms in total.